The maximum atomic E-state index is 13.7. The minimum Gasteiger partial charge on any atom is -0.350 e. The van der Waals surface area contributed by atoms with E-state index in [4.69, 9.17) is 5.26 Å². The standard InChI is InChI=1S/C14H9BrF2N2/c1-8-2-3-10(15)13(4-8)19-14-11(16)5-9(7-18)6-12(14)17/h2-6,19H,1H3. The first-order valence-corrected chi connectivity index (χ1v) is 6.23. The van der Waals surface area contributed by atoms with Crippen molar-refractivity contribution < 1.29 is 8.78 Å². The molecular weight excluding hydrogens is 314 g/mol. The van der Waals surface area contributed by atoms with E-state index in [0.717, 1.165) is 17.7 Å². The first-order valence-electron chi connectivity index (χ1n) is 5.43. The molecule has 0 bridgehead atoms. The number of aryl methyl sites for hydroxylation is 1. The van der Waals surface area contributed by atoms with Crippen molar-refractivity contribution in [2.45, 2.75) is 6.92 Å². The van der Waals surface area contributed by atoms with Gasteiger partial charge in [-0.1, -0.05) is 6.07 Å². The zero-order valence-corrected chi connectivity index (χ0v) is 11.6. The Balaban J connectivity index is 2.44. The average Bonchev–Trinajstić information content (AvgIpc) is 2.37. The van der Waals surface area contributed by atoms with Crippen LogP contribution in [0.4, 0.5) is 20.2 Å². The lowest BCUT2D eigenvalue weighted by molar-refractivity contribution is 0.590. The van der Waals surface area contributed by atoms with E-state index in [1.165, 1.54) is 0 Å². The molecule has 96 valence electrons. The van der Waals surface area contributed by atoms with Crippen molar-refractivity contribution in [3.05, 3.63) is 57.6 Å². The van der Waals surface area contributed by atoms with Gasteiger partial charge in [0.25, 0.3) is 0 Å². The highest BCUT2D eigenvalue weighted by atomic mass is 79.9. The molecule has 0 saturated heterocycles. The van der Waals surface area contributed by atoms with Crippen LogP contribution in [0.15, 0.2) is 34.8 Å². The minimum atomic E-state index is -0.801. The van der Waals surface area contributed by atoms with E-state index < -0.39 is 11.6 Å². The predicted octanol–water partition coefficient (Wildman–Crippen LogP) is 4.65. The van der Waals surface area contributed by atoms with Crippen LogP contribution < -0.4 is 5.32 Å². The van der Waals surface area contributed by atoms with Gasteiger partial charge >= 0.3 is 0 Å². The summed E-state index contributed by atoms with van der Waals surface area (Å²) in [5.41, 5.74) is 1.19. The van der Waals surface area contributed by atoms with Crippen LogP contribution in [0.5, 0.6) is 0 Å². The number of rotatable bonds is 2. The monoisotopic (exact) mass is 322 g/mol. The number of anilines is 2. The Morgan fingerprint density at radius 3 is 2.37 bits per heavy atom. The molecule has 0 saturated carbocycles. The molecule has 2 nitrogen and oxygen atoms in total. The molecule has 0 heterocycles. The fraction of sp³-hybridized carbons (Fsp3) is 0.0714. The van der Waals surface area contributed by atoms with Gasteiger partial charge in [-0.25, -0.2) is 8.78 Å². The van der Waals surface area contributed by atoms with Crippen LogP contribution in [0.3, 0.4) is 0 Å². The Morgan fingerprint density at radius 2 is 1.79 bits per heavy atom. The summed E-state index contributed by atoms with van der Waals surface area (Å²) < 4.78 is 28.2. The molecule has 2 aromatic rings. The molecule has 2 aromatic carbocycles. The second kappa shape index (κ2) is 5.37. The molecule has 1 N–H and O–H groups in total. The third-order valence-electron chi connectivity index (χ3n) is 2.55. The number of hydrogen-bond donors (Lipinski definition) is 1. The van der Waals surface area contributed by atoms with Crippen LogP contribution in [-0.4, -0.2) is 0 Å². The van der Waals surface area contributed by atoms with Crippen LogP contribution in [0.25, 0.3) is 0 Å². The zero-order chi connectivity index (χ0) is 14.0. The second-order valence-electron chi connectivity index (χ2n) is 4.03. The molecule has 0 fully saturated rings. The van der Waals surface area contributed by atoms with E-state index >= 15 is 0 Å². The number of nitrogens with zero attached hydrogens (tertiary/aromatic N) is 1. The highest BCUT2D eigenvalue weighted by Gasteiger charge is 2.12. The summed E-state index contributed by atoms with van der Waals surface area (Å²) in [6.45, 7) is 1.88. The van der Waals surface area contributed by atoms with Crippen LogP contribution in [0.2, 0.25) is 0 Å². The maximum Gasteiger partial charge on any atom is 0.150 e. The topological polar surface area (TPSA) is 35.8 Å². The molecule has 2 rings (SSSR count). The Labute approximate surface area is 117 Å². The molecule has 0 radical (unpaired) electrons. The normalized spacial score (nSPS) is 10.1. The summed E-state index contributed by atoms with van der Waals surface area (Å²) in [4.78, 5) is 0. The van der Waals surface area contributed by atoms with Crippen LogP contribution in [0, 0.1) is 29.9 Å². The minimum absolute atomic E-state index is 0.0520. The molecule has 0 amide bonds. The van der Waals surface area contributed by atoms with Crippen molar-refractivity contribution >= 4 is 27.3 Å². The lowest BCUT2D eigenvalue weighted by atomic mass is 10.1. The zero-order valence-electron chi connectivity index (χ0n) is 9.97. The predicted molar refractivity (Wildman–Crippen MR) is 73.2 cm³/mol. The Bertz CT molecular complexity index is 655. The average molecular weight is 323 g/mol. The molecule has 5 heteroatoms. The first kappa shape index (κ1) is 13.5. The van der Waals surface area contributed by atoms with Gasteiger partial charge in [0.15, 0.2) is 11.6 Å². The van der Waals surface area contributed by atoms with Crippen molar-refractivity contribution in [1.29, 1.82) is 5.26 Å². The highest BCUT2D eigenvalue weighted by Crippen LogP contribution is 2.30. The van der Waals surface area contributed by atoms with E-state index in [1.807, 2.05) is 13.0 Å². The largest absolute Gasteiger partial charge is 0.350 e. The Morgan fingerprint density at radius 1 is 1.16 bits per heavy atom. The Kier molecular flexibility index (Phi) is 3.82. The van der Waals surface area contributed by atoms with Crippen molar-refractivity contribution in [3.8, 4) is 6.07 Å². The summed E-state index contributed by atoms with van der Waals surface area (Å²) in [7, 11) is 0. The van der Waals surface area contributed by atoms with Gasteiger partial charge in [0.1, 0.15) is 5.69 Å². The van der Waals surface area contributed by atoms with E-state index in [-0.39, 0.29) is 11.3 Å². The van der Waals surface area contributed by atoms with Crippen LogP contribution >= 0.6 is 15.9 Å². The Hall–Kier alpha value is -1.93. The number of nitrogens with one attached hydrogen (secondary N) is 1. The van der Waals surface area contributed by atoms with Crippen LogP contribution in [0.1, 0.15) is 11.1 Å². The molecule has 0 aromatic heterocycles. The maximum absolute atomic E-state index is 13.7. The first-order chi connectivity index (χ1) is 9.01. The number of nitriles is 1. The molecule has 19 heavy (non-hydrogen) atoms. The second-order valence-corrected chi connectivity index (χ2v) is 4.89. The highest BCUT2D eigenvalue weighted by molar-refractivity contribution is 9.10. The fourth-order valence-corrected chi connectivity index (χ4v) is 1.97. The SMILES string of the molecule is Cc1ccc(Br)c(Nc2c(F)cc(C#N)cc2F)c1. The van der Waals surface area contributed by atoms with E-state index in [1.54, 1.807) is 18.2 Å². The summed E-state index contributed by atoms with van der Waals surface area (Å²) in [5.74, 6) is -1.60. The van der Waals surface area contributed by atoms with Gasteiger partial charge in [0, 0.05) is 4.47 Å². The summed E-state index contributed by atoms with van der Waals surface area (Å²) in [6.07, 6.45) is 0. The van der Waals surface area contributed by atoms with Crippen molar-refractivity contribution in [2.75, 3.05) is 5.32 Å². The molecule has 0 aliphatic carbocycles. The van der Waals surface area contributed by atoms with Gasteiger partial charge in [0.2, 0.25) is 0 Å². The van der Waals surface area contributed by atoms with Gasteiger partial charge in [-0.05, 0) is 52.7 Å². The van der Waals surface area contributed by atoms with E-state index in [2.05, 4.69) is 21.2 Å². The molecule has 0 aliphatic rings. The lowest BCUT2D eigenvalue weighted by Gasteiger charge is -2.11. The smallest absolute Gasteiger partial charge is 0.150 e. The summed E-state index contributed by atoms with van der Waals surface area (Å²) >= 11 is 3.31. The van der Waals surface area contributed by atoms with Crippen molar-refractivity contribution in [3.63, 3.8) is 0 Å². The van der Waals surface area contributed by atoms with Gasteiger partial charge in [-0.2, -0.15) is 5.26 Å². The van der Waals surface area contributed by atoms with Gasteiger partial charge < -0.3 is 5.32 Å². The fourth-order valence-electron chi connectivity index (χ4n) is 1.63. The summed E-state index contributed by atoms with van der Waals surface area (Å²) in [5, 5.41) is 11.3. The lowest BCUT2D eigenvalue weighted by Crippen LogP contribution is -1.99. The van der Waals surface area contributed by atoms with Gasteiger partial charge in [-0.3, -0.25) is 0 Å². The van der Waals surface area contributed by atoms with Gasteiger partial charge in [-0.15, -0.1) is 0 Å². The summed E-state index contributed by atoms with van der Waals surface area (Å²) in [6, 6.07) is 9.12. The third-order valence-corrected chi connectivity index (χ3v) is 3.24. The molecule has 0 unspecified atom stereocenters. The van der Waals surface area contributed by atoms with Crippen molar-refractivity contribution in [2.24, 2.45) is 0 Å². The molecule has 0 aliphatic heterocycles. The van der Waals surface area contributed by atoms with Gasteiger partial charge in [0.05, 0.1) is 17.3 Å². The molecule has 0 atom stereocenters. The number of halogens is 3. The quantitative estimate of drug-likeness (QED) is 0.873. The number of benzene rings is 2. The van der Waals surface area contributed by atoms with Crippen LogP contribution in [-0.2, 0) is 0 Å². The van der Waals surface area contributed by atoms with E-state index in [0.29, 0.717) is 10.2 Å². The third kappa shape index (κ3) is 2.91. The van der Waals surface area contributed by atoms with E-state index in [9.17, 15) is 8.78 Å². The number of hydrogen-bond acceptors (Lipinski definition) is 2. The van der Waals surface area contributed by atoms with Crippen molar-refractivity contribution in [1.82, 2.24) is 0 Å². The molecular formula is C14H9BrF2N2. The molecule has 0 spiro atoms.